The highest BCUT2D eigenvalue weighted by atomic mass is 16.5. The van der Waals surface area contributed by atoms with E-state index in [0.29, 0.717) is 13.0 Å². The van der Waals surface area contributed by atoms with Crippen LogP contribution in [0.5, 0.6) is 5.75 Å². The van der Waals surface area contributed by atoms with Gasteiger partial charge in [0.1, 0.15) is 5.75 Å². The Balaban J connectivity index is 1.93. The molecule has 1 aromatic rings. The first kappa shape index (κ1) is 14.7. The molecule has 1 aliphatic rings. The number of carbonyl (C=O) groups is 1. The van der Waals surface area contributed by atoms with Crippen LogP contribution in [0.2, 0.25) is 0 Å². The maximum atomic E-state index is 10.5. The average molecular weight is 278 g/mol. The largest absolute Gasteiger partial charge is 0.491 e. The van der Waals surface area contributed by atoms with Crippen molar-refractivity contribution in [3.05, 3.63) is 24.3 Å². The number of carboxylic acids is 1. The minimum absolute atomic E-state index is 0.149. The number of aliphatic carboxylic acids is 1. The third-order valence-electron chi connectivity index (χ3n) is 3.50. The number of para-hydroxylation sites is 2. The molecule has 1 fully saturated rings. The number of anilines is 1. The highest BCUT2D eigenvalue weighted by Gasteiger charge is 2.17. The Kier molecular flexibility index (Phi) is 5.24. The molecule has 0 amide bonds. The summed E-state index contributed by atoms with van der Waals surface area (Å²) in [5.41, 5.74) is 1.11. The Hall–Kier alpha value is -1.75. The molecule has 0 atom stereocenters. The SMILES string of the molecule is CN1CCN(c2ccccc2OCCCC(=O)O)CC1. The Bertz CT molecular complexity index is 442. The van der Waals surface area contributed by atoms with Crippen molar-refractivity contribution in [2.24, 2.45) is 0 Å². The summed E-state index contributed by atoms with van der Waals surface area (Å²) in [6.07, 6.45) is 0.684. The smallest absolute Gasteiger partial charge is 0.303 e. The maximum Gasteiger partial charge on any atom is 0.303 e. The molecular weight excluding hydrogens is 256 g/mol. The zero-order valence-electron chi connectivity index (χ0n) is 11.9. The third kappa shape index (κ3) is 4.13. The predicted octanol–water partition coefficient (Wildman–Crippen LogP) is 1.68. The van der Waals surface area contributed by atoms with E-state index in [9.17, 15) is 4.79 Å². The topological polar surface area (TPSA) is 53.0 Å². The first-order chi connectivity index (χ1) is 9.66. The van der Waals surface area contributed by atoms with Gasteiger partial charge in [-0.3, -0.25) is 4.79 Å². The number of benzene rings is 1. The summed E-state index contributed by atoms with van der Waals surface area (Å²) in [4.78, 5) is 15.1. The molecule has 0 bridgehead atoms. The zero-order chi connectivity index (χ0) is 14.4. The molecule has 1 saturated heterocycles. The average Bonchev–Trinajstić information content (AvgIpc) is 2.45. The van der Waals surface area contributed by atoms with Crippen molar-refractivity contribution < 1.29 is 14.6 Å². The molecule has 0 saturated carbocycles. The minimum Gasteiger partial charge on any atom is -0.491 e. The van der Waals surface area contributed by atoms with E-state index in [4.69, 9.17) is 9.84 Å². The lowest BCUT2D eigenvalue weighted by Crippen LogP contribution is -2.44. The van der Waals surface area contributed by atoms with Gasteiger partial charge in [-0.25, -0.2) is 0 Å². The van der Waals surface area contributed by atoms with E-state index in [1.165, 1.54) is 0 Å². The van der Waals surface area contributed by atoms with Crippen LogP contribution in [0.15, 0.2) is 24.3 Å². The van der Waals surface area contributed by atoms with Crippen molar-refractivity contribution in [2.45, 2.75) is 12.8 Å². The van der Waals surface area contributed by atoms with E-state index >= 15 is 0 Å². The number of ether oxygens (including phenoxy) is 1. The highest BCUT2D eigenvalue weighted by Crippen LogP contribution is 2.28. The van der Waals surface area contributed by atoms with Crippen LogP contribution in [0.1, 0.15) is 12.8 Å². The monoisotopic (exact) mass is 278 g/mol. The van der Waals surface area contributed by atoms with Gasteiger partial charge in [-0.15, -0.1) is 0 Å². The number of likely N-dealkylation sites (N-methyl/N-ethyl adjacent to an activating group) is 1. The van der Waals surface area contributed by atoms with E-state index in [1.54, 1.807) is 0 Å². The summed E-state index contributed by atoms with van der Waals surface area (Å²) in [6.45, 7) is 4.52. The van der Waals surface area contributed by atoms with Gasteiger partial charge >= 0.3 is 5.97 Å². The Morgan fingerprint density at radius 3 is 2.65 bits per heavy atom. The van der Waals surface area contributed by atoms with Crippen LogP contribution in [0.3, 0.4) is 0 Å². The molecule has 5 heteroatoms. The summed E-state index contributed by atoms with van der Waals surface area (Å²) in [6, 6.07) is 7.98. The standard InChI is InChI=1S/C15H22N2O3/c1-16-8-10-17(11-9-16)13-5-2-3-6-14(13)20-12-4-7-15(18)19/h2-3,5-6H,4,7-12H2,1H3,(H,18,19). The predicted molar refractivity (Wildman–Crippen MR) is 78.5 cm³/mol. The first-order valence-corrected chi connectivity index (χ1v) is 7.04. The third-order valence-corrected chi connectivity index (χ3v) is 3.50. The van der Waals surface area contributed by atoms with Gasteiger partial charge in [-0.05, 0) is 25.6 Å². The summed E-state index contributed by atoms with van der Waals surface area (Å²) < 4.78 is 5.75. The number of hydrogen-bond donors (Lipinski definition) is 1. The van der Waals surface area contributed by atoms with Crippen LogP contribution in [-0.2, 0) is 4.79 Å². The van der Waals surface area contributed by atoms with Crippen molar-refractivity contribution in [2.75, 3.05) is 44.7 Å². The molecule has 0 radical (unpaired) electrons. The van der Waals surface area contributed by atoms with Crippen LogP contribution < -0.4 is 9.64 Å². The molecule has 1 aliphatic heterocycles. The molecule has 0 unspecified atom stereocenters. The van der Waals surface area contributed by atoms with Gasteiger partial charge in [0.25, 0.3) is 0 Å². The van der Waals surface area contributed by atoms with Gasteiger partial charge in [0.2, 0.25) is 0 Å². The van der Waals surface area contributed by atoms with Crippen LogP contribution in [-0.4, -0.2) is 55.8 Å². The van der Waals surface area contributed by atoms with Crippen molar-refractivity contribution in [1.29, 1.82) is 0 Å². The van der Waals surface area contributed by atoms with Gasteiger partial charge in [0.15, 0.2) is 0 Å². The van der Waals surface area contributed by atoms with Crippen molar-refractivity contribution in [1.82, 2.24) is 4.90 Å². The molecular formula is C15H22N2O3. The van der Waals surface area contributed by atoms with Crippen LogP contribution in [0.25, 0.3) is 0 Å². The fourth-order valence-electron chi connectivity index (χ4n) is 2.29. The summed E-state index contributed by atoms with van der Waals surface area (Å²) in [7, 11) is 2.13. The van der Waals surface area contributed by atoms with E-state index in [2.05, 4.69) is 22.9 Å². The number of nitrogens with zero attached hydrogens (tertiary/aromatic N) is 2. The number of hydrogen-bond acceptors (Lipinski definition) is 4. The number of piperazine rings is 1. The maximum absolute atomic E-state index is 10.5. The Labute approximate surface area is 119 Å². The van der Waals surface area contributed by atoms with E-state index < -0.39 is 5.97 Å². The first-order valence-electron chi connectivity index (χ1n) is 7.04. The molecule has 0 aromatic heterocycles. The minimum atomic E-state index is -0.777. The molecule has 110 valence electrons. The Morgan fingerprint density at radius 2 is 1.95 bits per heavy atom. The van der Waals surface area contributed by atoms with E-state index in [1.807, 2.05) is 18.2 Å². The van der Waals surface area contributed by atoms with Gasteiger partial charge < -0.3 is 19.6 Å². The van der Waals surface area contributed by atoms with E-state index in [0.717, 1.165) is 37.6 Å². The molecule has 5 nitrogen and oxygen atoms in total. The molecule has 1 aromatic carbocycles. The Morgan fingerprint density at radius 1 is 1.25 bits per heavy atom. The summed E-state index contributed by atoms with van der Waals surface area (Å²) in [5.74, 6) is 0.0726. The van der Waals surface area contributed by atoms with E-state index in [-0.39, 0.29) is 6.42 Å². The highest BCUT2D eigenvalue weighted by molar-refractivity contribution is 5.66. The summed E-state index contributed by atoms with van der Waals surface area (Å²) >= 11 is 0. The van der Waals surface area contributed by atoms with Gasteiger partial charge in [-0.1, -0.05) is 12.1 Å². The van der Waals surface area contributed by atoms with Crippen LogP contribution in [0, 0.1) is 0 Å². The molecule has 0 aliphatic carbocycles. The molecule has 1 N–H and O–H groups in total. The quantitative estimate of drug-likeness (QED) is 0.802. The summed E-state index contributed by atoms with van der Waals surface area (Å²) in [5, 5.41) is 8.63. The van der Waals surface area contributed by atoms with Crippen LogP contribution >= 0.6 is 0 Å². The van der Waals surface area contributed by atoms with Crippen molar-refractivity contribution in [3.8, 4) is 5.75 Å². The van der Waals surface area contributed by atoms with Crippen LogP contribution in [0.4, 0.5) is 5.69 Å². The molecule has 2 rings (SSSR count). The second-order valence-electron chi connectivity index (χ2n) is 5.10. The molecule has 1 heterocycles. The lowest BCUT2D eigenvalue weighted by atomic mass is 10.2. The van der Waals surface area contributed by atoms with Gasteiger partial charge in [0, 0.05) is 32.6 Å². The fourth-order valence-corrected chi connectivity index (χ4v) is 2.29. The molecule has 0 spiro atoms. The number of carboxylic acid groups (broad SMARTS) is 1. The second-order valence-corrected chi connectivity index (χ2v) is 5.10. The second kappa shape index (κ2) is 7.14. The lowest BCUT2D eigenvalue weighted by Gasteiger charge is -2.34. The lowest BCUT2D eigenvalue weighted by molar-refractivity contribution is -0.137. The van der Waals surface area contributed by atoms with Gasteiger partial charge in [-0.2, -0.15) is 0 Å². The van der Waals surface area contributed by atoms with Crippen molar-refractivity contribution in [3.63, 3.8) is 0 Å². The fraction of sp³-hybridized carbons (Fsp3) is 0.533. The number of rotatable bonds is 6. The van der Waals surface area contributed by atoms with Crippen molar-refractivity contribution >= 4 is 11.7 Å². The zero-order valence-corrected chi connectivity index (χ0v) is 11.9. The molecule has 20 heavy (non-hydrogen) atoms. The normalized spacial score (nSPS) is 16.1. The van der Waals surface area contributed by atoms with Gasteiger partial charge in [0.05, 0.1) is 12.3 Å².